The number of ketones is 1. The number of nitrogens with zero attached hydrogens (tertiary/aromatic N) is 1. The fourth-order valence-corrected chi connectivity index (χ4v) is 5.23. The third-order valence-electron chi connectivity index (χ3n) is 7.53. The maximum Gasteiger partial charge on any atom is 0.255 e. The highest BCUT2D eigenvalue weighted by atomic mass is 16.5. The first-order valence-electron chi connectivity index (χ1n) is 14.3. The Labute approximate surface area is 252 Å². The monoisotopic (exact) mass is 580 g/mol. The number of carbonyl (C=O) groups is 2. The largest absolute Gasteiger partial charge is 0.494 e. The minimum absolute atomic E-state index is 0.139. The number of hydrogen-bond donors (Lipinski definition) is 1. The molecule has 222 valence electrons. The highest BCUT2D eigenvalue weighted by molar-refractivity contribution is 6.11. The van der Waals surface area contributed by atoms with Crippen molar-refractivity contribution < 1.29 is 28.5 Å². The molecule has 0 aromatic heterocycles. The highest BCUT2D eigenvalue weighted by Crippen LogP contribution is 2.33. The van der Waals surface area contributed by atoms with E-state index in [-0.39, 0.29) is 11.7 Å². The van der Waals surface area contributed by atoms with Crippen LogP contribution in [0.1, 0.15) is 43.8 Å². The number of anilines is 1. The third kappa shape index (κ3) is 7.16. The van der Waals surface area contributed by atoms with E-state index in [1.807, 2.05) is 24.3 Å². The SMILES string of the molecule is COc1cc(OCCCN2CCc3cc(OC)c(OC)cc3C2)ccc1NC(=O)c1cccc(C(=O)c2ccccc2)c1. The van der Waals surface area contributed by atoms with Gasteiger partial charge in [0.25, 0.3) is 5.91 Å². The standard InChI is InChI=1S/C35H36N2O6/c1-40-31-22-29(43-18-8-16-37-17-15-25-20-32(41-2)33(42-3)21-28(25)23-37)13-14-30(31)36-35(39)27-12-7-11-26(19-27)34(38)24-9-5-4-6-10-24/h4-7,9-14,19-22H,8,15-18,23H2,1-3H3,(H,36,39). The minimum Gasteiger partial charge on any atom is -0.494 e. The van der Waals surface area contributed by atoms with E-state index in [2.05, 4.69) is 22.3 Å². The van der Waals surface area contributed by atoms with Crippen molar-refractivity contribution in [3.05, 3.63) is 113 Å². The first-order chi connectivity index (χ1) is 21.0. The van der Waals surface area contributed by atoms with E-state index in [1.54, 1.807) is 69.9 Å². The molecule has 4 aromatic rings. The Morgan fingerprint density at radius 1 is 0.744 bits per heavy atom. The molecule has 0 saturated carbocycles. The lowest BCUT2D eigenvalue weighted by atomic mass is 9.98. The van der Waals surface area contributed by atoms with Gasteiger partial charge in [0, 0.05) is 42.4 Å². The predicted molar refractivity (Wildman–Crippen MR) is 166 cm³/mol. The zero-order valence-corrected chi connectivity index (χ0v) is 24.7. The van der Waals surface area contributed by atoms with Crippen molar-refractivity contribution in [3.8, 4) is 23.0 Å². The lowest BCUT2D eigenvalue weighted by Crippen LogP contribution is -2.32. The normalized spacial score (nSPS) is 12.6. The van der Waals surface area contributed by atoms with Crippen molar-refractivity contribution in [2.45, 2.75) is 19.4 Å². The van der Waals surface area contributed by atoms with Crippen LogP contribution in [0.25, 0.3) is 0 Å². The number of fused-ring (bicyclic) bond motifs is 1. The second-order valence-corrected chi connectivity index (χ2v) is 10.3. The predicted octanol–water partition coefficient (Wildman–Crippen LogP) is 6.02. The van der Waals surface area contributed by atoms with Crippen LogP contribution < -0.4 is 24.3 Å². The van der Waals surface area contributed by atoms with Crippen LogP contribution in [-0.4, -0.2) is 57.6 Å². The number of carbonyl (C=O) groups excluding carboxylic acids is 2. The molecule has 1 aliphatic heterocycles. The van der Waals surface area contributed by atoms with Crippen LogP contribution in [-0.2, 0) is 13.0 Å². The van der Waals surface area contributed by atoms with Gasteiger partial charge in [-0.15, -0.1) is 0 Å². The van der Waals surface area contributed by atoms with E-state index in [1.165, 1.54) is 11.1 Å². The molecule has 0 fully saturated rings. The van der Waals surface area contributed by atoms with E-state index in [0.717, 1.165) is 44.0 Å². The first-order valence-corrected chi connectivity index (χ1v) is 14.3. The molecular formula is C35H36N2O6. The molecular weight excluding hydrogens is 544 g/mol. The Balaban J connectivity index is 1.14. The average molecular weight is 581 g/mol. The van der Waals surface area contributed by atoms with Crippen molar-refractivity contribution in [3.63, 3.8) is 0 Å². The van der Waals surface area contributed by atoms with Gasteiger partial charge in [0.1, 0.15) is 11.5 Å². The van der Waals surface area contributed by atoms with Crippen molar-refractivity contribution in [2.24, 2.45) is 0 Å². The molecule has 4 aromatic carbocycles. The Morgan fingerprint density at radius 3 is 2.19 bits per heavy atom. The highest BCUT2D eigenvalue weighted by Gasteiger charge is 2.19. The van der Waals surface area contributed by atoms with E-state index < -0.39 is 0 Å². The molecule has 1 N–H and O–H groups in total. The van der Waals surface area contributed by atoms with E-state index in [0.29, 0.717) is 40.5 Å². The van der Waals surface area contributed by atoms with Crippen LogP contribution in [0.15, 0.2) is 84.9 Å². The second kappa shape index (κ2) is 13.9. The van der Waals surface area contributed by atoms with Gasteiger partial charge in [0.05, 0.1) is 33.6 Å². The lowest BCUT2D eigenvalue weighted by Gasteiger charge is -2.29. The van der Waals surface area contributed by atoms with Crippen LogP contribution in [0.2, 0.25) is 0 Å². The molecule has 0 atom stereocenters. The van der Waals surface area contributed by atoms with Crippen LogP contribution >= 0.6 is 0 Å². The number of rotatable bonds is 12. The molecule has 1 amide bonds. The van der Waals surface area contributed by atoms with Crippen molar-refractivity contribution in [1.82, 2.24) is 4.90 Å². The lowest BCUT2D eigenvalue weighted by molar-refractivity contribution is 0.102. The summed E-state index contributed by atoms with van der Waals surface area (Å²) in [6.45, 7) is 3.30. The molecule has 8 nitrogen and oxygen atoms in total. The molecule has 8 heteroatoms. The topological polar surface area (TPSA) is 86.3 Å². The quantitative estimate of drug-likeness (QED) is 0.162. The summed E-state index contributed by atoms with van der Waals surface area (Å²) in [5.41, 5.74) is 4.48. The molecule has 0 unspecified atom stereocenters. The van der Waals surface area contributed by atoms with Crippen molar-refractivity contribution >= 4 is 17.4 Å². The number of amides is 1. The Kier molecular flexibility index (Phi) is 9.59. The summed E-state index contributed by atoms with van der Waals surface area (Å²) in [6, 6.07) is 25.2. The molecule has 0 saturated heterocycles. The van der Waals surface area contributed by atoms with Crippen molar-refractivity contribution in [1.29, 1.82) is 0 Å². The molecule has 1 heterocycles. The van der Waals surface area contributed by atoms with Crippen LogP contribution in [0.3, 0.4) is 0 Å². The average Bonchev–Trinajstić information content (AvgIpc) is 3.06. The summed E-state index contributed by atoms with van der Waals surface area (Å²) >= 11 is 0. The zero-order chi connectivity index (χ0) is 30.2. The molecule has 0 radical (unpaired) electrons. The maximum absolute atomic E-state index is 13.1. The first kappa shape index (κ1) is 29.7. The Hall–Kier alpha value is -4.82. The molecule has 5 rings (SSSR count). The molecule has 1 aliphatic rings. The molecule has 0 bridgehead atoms. The van der Waals surface area contributed by atoms with Gasteiger partial charge in [-0.2, -0.15) is 0 Å². The van der Waals surface area contributed by atoms with Gasteiger partial charge in [-0.1, -0.05) is 42.5 Å². The summed E-state index contributed by atoms with van der Waals surface area (Å²) < 4.78 is 22.5. The summed E-state index contributed by atoms with van der Waals surface area (Å²) in [4.78, 5) is 28.3. The fraction of sp³-hybridized carbons (Fsp3) is 0.257. The van der Waals surface area contributed by atoms with E-state index in [4.69, 9.17) is 18.9 Å². The van der Waals surface area contributed by atoms with Gasteiger partial charge in [-0.05, 0) is 60.4 Å². The fourth-order valence-electron chi connectivity index (χ4n) is 5.23. The summed E-state index contributed by atoms with van der Waals surface area (Å²) in [5, 5.41) is 2.89. The van der Waals surface area contributed by atoms with Gasteiger partial charge < -0.3 is 24.3 Å². The number of hydrogen-bond acceptors (Lipinski definition) is 7. The summed E-state index contributed by atoms with van der Waals surface area (Å²) in [5.74, 6) is 2.19. The summed E-state index contributed by atoms with van der Waals surface area (Å²) in [7, 11) is 4.87. The molecule has 0 spiro atoms. The van der Waals surface area contributed by atoms with Gasteiger partial charge in [0.2, 0.25) is 0 Å². The number of nitrogens with one attached hydrogen (secondary N) is 1. The Morgan fingerprint density at radius 2 is 1.44 bits per heavy atom. The Bertz CT molecular complexity index is 1590. The van der Waals surface area contributed by atoms with Crippen molar-refractivity contribution in [2.75, 3.05) is 46.3 Å². The van der Waals surface area contributed by atoms with E-state index in [9.17, 15) is 9.59 Å². The van der Waals surface area contributed by atoms with Crippen LogP contribution in [0, 0.1) is 0 Å². The number of ether oxygens (including phenoxy) is 4. The molecule has 0 aliphatic carbocycles. The zero-order valence-electron chi connectivity index (χ0n) is 24.7. The van der Waals surface area contributed by atoms with E-state index >= 15 is 0 Å². The van der Waals surface area contributed by atoms with Gasteiger partial charge in [0.15, 0.2) is 17.3 Å². The minimum atomic E-state index is -0.339. The van der Waals surface area contributed by atoms with Crippen LogP contribution in [0.4, 0.5) is 5.69 Å². The number of benzene rings is 4. The van der Waals surface area contributed by atoms with Gasteiger partial charge >= 0.3 is 0 Å². The van der Waals surface area contributed by atoms with Crippen LogP contribution in [0.5, 0.6) is 23.0 Å². The van der Waals surface area contributed by atoms with Gasteiger partial charge in [-0.25, -0.2) is 0 Å². The number of methoxy groups -OCH3 is 3. The molecule has 43 heavy (non-hydrogen) atoms. The maximum atomic E-state index is 13.1. The summed E-state index contributed by atoms with van der Waals surface area (Å²) in [6.07, 6.45) is 1.83. The second-order valence-electron chi connectivity index (χ2n) is 10.3. The van der Waals surface area contributed by atoms with Gasteiger partial charge in [-0.3, -0.25) is 14.5 Å². The third-order valence-corrected chi connectivity index (χ3v) is 7.53. The smallest absolute Gasteiger partial charge is 0.255 e.